The van der Waals surface area contributed by atoms with Crippen molar-refractivity contribution in [3.63, 3.8) is 0 Å². The molecule has 0 amide bonds. The van der Waals surface area contributed by atoms with Crippen molar-refractivity contribution in [2.24, 2.45) is 0 Å². The number of nitrogens with zero attached hydrogens (tertiary/aromatic N) is 1. The second-order valence-electron chi connectivity index (χ2n) is 6.46. The van der Waals surface area contributed by atoms with Crippen LogP contribution in [-0.4, -0.2) is 16.6 Å². The van der Waals surface area contributed by atoms with Crippen molar-refractivity contribution in [3.05, 3.63) is 134 Å². The molecule has 0 fully saturated rings. The quantitative estimate of drug-likeness (QED) is 0.268. The third-order valence-corrected chi connectivity index (χ3v) is 8.73. The number of pyridine rings is 1. The Morgan fingerprint density at radius 3 is 1.37 bits per heavy atom. The highest BCUT2D eigenvalue weighted by Gasteiger charge is 2.26. The zero-order valence-electron chi connectivity index (χ0n) is 16.8. The van der Waals surface area contributed by atoms with Crippen molar-refractivity contribution in [1.29, 1.82) is 0 Å². The van der Waals surface area contributed by atoms with Gasteiger partial charge >= 0.3 is 0 Å². The fourth-order valence-electron chi connectivity index (χ4n) is 3.43. The van der Waals surface area contributed by atoms with E-state index in [1.807, 2.05) is 60.4 Å². The van der Waals surface area contributed by atoms with E-state index in [0.717, 1.165) is 15.9 Å². The monoisotopic (exact) mass is 409 g/mol. The average Bonchev–Trinajstić information content (AvgIpc) is 2.86. The van der Waals surface area contributed by atoms with Crippen LogP contribution in [0.25, 0.3) is 0 Å². The summed E-state index contributed by atoms with van der Waals surface area (Å²) in [6.07, 6.45) is 3.32. The predicted molar refractivity (Wildman–Crippen MR) is 131 cm³/mol. The molecule has 4 rings (SSSR count). The minimum absolute atomic E-state index is 0.0206. The number of rotatable bonds is 5. The van der Waals surface area contributed by atoms with Crippen LogP contribution in [0.3, 0.4) is 0 Å². The molecule has 0 saturated carbocycles. The van der Waals surface area contributed by atoms with Crippen molar-refractivity contribution in [1.82, 2.24) is 4.98 Å². The maximum absolute atomic E-state index is 13.3. The zero-order valence-corrected chi connectivity index (χ0v) is 17.7. The van der Waals surface area contributed by atoms with E-state index in [-0.39, 0.29) is 5.78 Å². The van der Waals surface area contributed by atoms with Crippen LogP contribution < -0.4 is 15.9 Å². The molecule has 0 aliphatic carbocycles. The molecule has 1 heterocycles. The van der Waals surface area contributed by atoms with Crippen LogP contribution in [0.15, 0.2) is 129 Å². The molecule has 0 N–H and O–H groups in total. The zero-order chi connectivity index (χ0) is 21.2. The lowest BCUT2D eigenvalue weighted by Crippen LogP contribution is -2.28. The topological polar surface area (TPSA) is 30.0 Å². The smallest absolute Gasteiger partial charge is 0.187 e. The summed E-state index contributed by atoms with van der Waals surface area (Å²) in [5.74, 6) is 1.97. The van der Waals surface area contributed by atoms with Crippen LogP contribution in [0, 0.1) is 0 Å². The van der Waals surface area contributed by atoms with Crippen LogP contribution >= 0.6 is 6.89 Å². The number of ketones is 1. The molecule has 3 aromatic carbocycles. The second kappa shape index (κ2) is 10.3. The third-order valence-electron chi connectivity index (χ3n) is 4.77. The van der Waals surface area contributed by atoms with Crippen molar-refractivity contribution >= 4 is 34.4 Å². The summed E-state index contributed by atoms with van der Waals surface area (Å²) in [6, 6.07) is 34.6. The Balaban J connectivity index is 0.00000124. The number of hydrogen-bond acceptors (Lipinski definition) is 2. The van der Waals surface area contributed by atoms with Crippen LogP contribution in [-0.2, 0) is 0 Å². The van der Waals surface area contributed by atoms with E-state index >= 15 is 0 Å². The highest BCUT2D eigenvalue weighted by Crippen LogP contribution is 2.43. The number of hydrogen-bond donors (Lipinski definition) is 0. The summed E-state index contributed by atoms with van der Waals surface area (Å²) in [7, 11) is 0. The first-order valence-electron chi connectivity index (χ1n) is 9.66. The van der Waals surface area contributed by atoms with Gasteiger partial charge < -0.3 is 0 Å². The van der Waals surface area contributed by atoms with Gasteiger partial charge in [0.25, 0.3) is 0 Å². The molecule has 0 unspecified atom stereocenters. The number of aromatic nitrogens is 1. The van der Waals surface area contributed by atoms with Crippen LogP contribution in [0.4, 0.5) is 0 Å². The molecule has 0 saturated heterocycles. The average molecular weight is 409 g/mol. The van der Waals surface area contributed by atoms with Gasteiger partial charge in [-0.25, -0.2) is 0 Å². The van der Waals surface area contributed by atoms with Crippen LogP contribution in [0.2, 0.25) is 0 Å². The van der Waals surface area contributed by atoms with E-state index in [0.29, 0.717) is 5.56 Å². The molecule has 2 nitrogen and oxygen atoms in total. The summed E-state index contributed by atoms with van der Waals surface area (Å²) in [4.78, 5) is 17.4. The second-order valence-corrected chi connectivity index (χ2v) is 9.71. The SMILES string of the molecule is C=C.O=C(C=P(c1ccccc1)(c1ccccc1)c1ccccc1)c1ccncc1. The van der Waals surface area contributed by atoms with Crippen molar-refractivity contribution in [3.8, 4) is 0 Å². The highest BCUT2D eigenvalue weighted by atomic mass is 31.2. The van der Waals surface area contributed by atoms with E-state index in [4.69, 9.17) is 0 Å². The lowest BCUT2D eigenvalue weighted by Gasteiger charge is -2.28. The molecule has 3 heteroatoms. The van der Waals surface area contributed by atoms with Crippen molar-refractivity contribution in [2.75, 3.05) is 0 Å². The first kappa shape index (κ1) is 21.2. The van der Waals surface area contributed by atoms with Gasteiger partial charge in [-0.2, -0.15) is 0 Å². The molecule has 0 aliphatic rings. The van der Waals surface area contributed by atoms with Gasteiger partial charge in [-0.15, -0.1) is 13.2 Å². The van der Waals surface area contributed by atoms with E-state index in [1.165, 1.54) is 0 Å². The largest absolute Gasteiger partial charge is 0.289 e. The minimum Gasteiger partial charge on any atom is -0.289 e. The van der Waals surface area contributed by atoms with Gasteiger partial charge in [0, 0.05) is 18.0 Å². The minimum atomic E-state index is -2.27. The summed E-state index contributed by atoms with van der Waals surface area (Å²) in [6.45, 7) is 3.73. The Bertz CT molecular complexity index is 1020. The number of carbonyl (C=O) groups is 1. The number of benzene rings is 3. The first-order valence-corrected chi connectivity index (χ1v) is 11.5. The van der Waals surface area contributed by atoms with Gasteiger partial charge in [0.15, 0.2) is 5.78 Å². The van der Waals surface area contributed by atoms with E-state index in [2.05, 4.69) is 54.5 Å². The fourth-order valence-corrected chi connectivity index (χ4v) is 7.20. The molecule has 0 spiro atoms. The van der Waals surface area contributed by atoms with Crippen LogP contribution in [0.1, 0.15) is 10.4 Å². The van der Waals surface area contributed by atoms with Gasteiger partial charge in [0.1, 0.15) is 0 Å². The molecule has 4 aromatic rings. The molecule has 1 aromatic heterocycles. The number of carbonyl (C=O) groups excluding carboxylic acids is 1. The first-order chi connectivity index (χ1) is 14.8. The van der Waals surface area contributed by atoms with E-state index in [9.17, 15) is 4.79 Å². The van der Waals surface area contributed by atoms with E-state index in [1.54, 1.807) is 24.5 Å². The maximum atomic E-state index is 13.3. The predicted octanol–water partition coefficient (Wildman–Crippen LogP) is 4.86. The van der Waals surface area contributed by atoms with Gasteiger partial charge in [-0.3, -0.25) is 9.78 Å². The van der Waals surface area contributed by atoms with Gasteiger partial charge in [-0.1, -0.05) is 91.0 Å². The molecular weight excluding hydrogens is 385 g/mol. The molecule has 0 atom stereocenters. The Labute approximate surface area is 178 Å². The summed E-state index contributed by atoms with van der Waals surface area (Å²) in [5.41, 5.74) is 0.655. The Hall–Kier alpha value is -3.48. The molecule has 148 valence electrons. The highest BCUT2D eigenvalue weighted by molar-refractivity contribution is 7.95. The molecule has 0 radical (unpaired) electrons. The molecule has 30 heavy (non-hydrogen) atoms. The summed E-state index contributed by atoms with van der Waals surface area (Å²) in [5, 5.41) is 3.49. The normalized spacial score (nSPS) is 10.4. The van der Waals surface area contributed by atoms with E-state index < -0.39 is 6.89 Å². The lowest BCUT2D eigenvalue weighted by molar-refractivity contribution is 0.107. The Morgan fingerprint density at radius 2 is 1.00 bits per heavy atom. The standard InChI is InChI=1S/C25H20NOP.C2H4/c27-25(21-16-18-26-19-17-21)20-28(22-10-4-1-5-11-22,23-12-6-2-7-13-23)24-14-8-3-9-15-24;1-2/h1-20H;1-2H2. The summed E-state index contributed by atoms with van der Waals surface area (Å²) >= 11 is 0. The molecule has 0 aliphatic heterocycles. The molecular formula is C27H24NOP. The van der Waals surface area contributed by atoms with Crippen molar-refractivity contribution < 1.29 is 4.79 Å². The van der Waals surface area contributed by atoms with Gasteiger partial charge in [0.05, 0.1) is 0 Å². The summed E-state index contributed by atoms with van der Waals surface area (Å²) < 4.78 is 0. The fraction of sp³-hybridized carbons (Fsp3) is 0. The lowest BCUT2D eigenvalue weighted by atomic mass is 10.2. The van der Waals surface area contributed by atoms with Crippen molar-refractivity contribution in [2.45, 2.75) is 0 Å². The molecule has 0 bridgehead atoms. The Morgan fingerprint density at radius 1 is 0.633 bits per heavy atom. The van der Waals surface area contributed by atoms with Crippen LogP contribution in [0.5, 0.6) is 0 Å². The van der Waals surface area contributed by atoms with Gasteiger partial charge in [-0.05, 0) is 40.7 Å². The van der Waals surface area contributed by atoms with Gasteiger partial charge in [0.2, 0.25) is 0 Å². The maximum Gasteiger partial charge on any atom is 0.187 e. The Kier molecular flexibility index (Phi) is 7.32. The number of Topliss-reactive ketones (excluding diaryl/α,β-unsaturated/α-hetero) is 1. The third kappa shape index (κ3) is 4.40.